The number of rotatable bonds is 5. The maximum atomic E-state index is 3.48. The molecular weight excluding hydrogens is 246 g/mol. The average molecular weight is 273 g/mol. The third-order valence-corrected chi connectivity index (χ3v) is 4.74. The molecule has 2 fully saturated rings. The second-order valence-corrected chi connectivity index (χ2v) is 6.32. The van der Waals surface area contributed by atoms with Crippen LogP contribution >= 0.6 is 0 Å². The summed E-state index contributed by atoms with van der Waals surface area (Å²) in [5.41, 5.74) is 2.74. The highest BCUT2D eigenvalue weighted by molar-refractivity contribution is 5.24. The quantitative estimate of drug-likeness (QED) is 0.885. The maximum Gasteiger partial charge on any atom is 0.0446 e. The van der Waals surface area contributed by atoms with Gasteiger partial charge >= 0.3 is 0 Å². The molecule has 0 radical (unpaired) electrons. The Kier molecular flexibility index (Phi) is 4.39. The molecule has 1 saturated heterocycles. The van der Waals surface area contributed by atoms with Crippen LogP contribution in [0.1, 0.15) is 30.0 Å². The van der Waals surface area contributed by atoms with Crippen molar-refractivity contribution in [1.82, 2.24) is 15.1 Å². The summed E-state index contributed by atoms with van der Waals surface area (Å²) in [5, 5.41) is 3.48. The normalized spacial score (nSPS) is 22.9. The topological polar surface area (TPSA) is 18.5 Å². The van der Waals surface area contributed by atoms with E-state index in [1.54, 1.807) is 0 Å². The van der Waals surface area contributed by atoms with Crippen LogP contribution in [0.4, 0.5) is 0 Å². The number of aryl methyl sites for hydroxylation is 1. The lowest BCUT2D eigenvalue weighted by Gasteiger charge is -2.36. The van der Waals surface area contributed by atoms with Crippen LogP contribution in [-0.2, 0) is 0 Å². The number of likely N-dealkylation sites (N-methyl/N-ethyl adjacent to an activating group) is 1. The van der Waals surface area contributed by atoms with Gasteiger partial charge in [-0.05, 0) is 32.4 Å². The van der Waals surface area contributed by atoms with Gasteiger partial charge in [-0.25, -0.2) is 0 Å². The molecule has 0 bridgehead atoms. The number of hydrogen-bond donors (Lipinski definition) is 1. The van der Waals surface area contributed by atoms with Crippen molar-refractivity contribution >= 4 is 0 Å². The van der Waals surface area contributed by atoms with Gasteiger partial charge in [-0.2, -0.15) is 0 Å². The smallest absolute Gasteiger partial charge is 0.0446 e. The Balaban J connectivity index is 1.54. The molecule has 1 unspecified atom stereocenters. The highest BCUT2D eigenvalue weighted by Crippen LogP contribution is 2.27. The predicted molar refractivity (Wildman–Crippen MR) is 84.0 cm³/mol. The highest BCUT2D eigenvalue weighted by atomic mass is 15.3. The van der Waals surface area contributed by atoms with E-state index in [0.717, 1.165) is 12.6 Å². The molecule has 0 aromatic heterocycles. The molecule has 2 aliphatic rings. The lowest BCUT2D eigenvalue weighted by atomic mass is 10.0. The molecule has 1 N–H and O–H groups in total. The van der Waals surface area contributed by atoms with Crippen molar-refractivity contribution in [2.24, 2.45) is 0 Å². The maximum absolute atomic E-state index is 3.48. The van der Waals surface area contributed by atoms with Crippen LogP contribution in [0.2, 0.25) is 0 Å². The fraction of sp³-hybridized carbons (Fsp3) is 0.647. The SMILES string of the molecule is CNC(CN1CCN(C2CC2)CC1)c1ccc(C)cc1. The molecule has 1 atom stereocenters. The molecule has 3 heteroatoms. The van der Waals surface area contributed by atoms with Gasteiger partial charge in [0, 0.05) is 44.8 Å². The molecule has 1 aromatic carbocycles. The standard InChI is InChI=1S/C17H27N3/c1-14-3-5-15(6-4-14)17(18-2)13-19-9-11-20(12-10-19)16-7-8-16/h3-6,16-18H,7-13H2,1-2H3. The summed E-state index contributed by atoms with van der Waals surface area (Å²) in [7, 11) is 2.07. The number of piperazine rings is 1. The summed E-state index contributed by atoms with van der Waals surface area (Å²) < 4.78 is 0. The van der Waals surface area contributed by atoms with E-state index < -0.39 is 0 Å². The van der Waals surface area contributed by atoms with E-state index in [4.69, 9.17) is 0 Å². The zero-order valence-electron chi connectivity index (χ0n) is 12.8. The number of benzene rings is 1. The van der Waals surface area contributed by atoms with Gasteiger partial charge in [0.15, 0.2) is 0 Å². The Hall–Kier alpha value is -0.900. The van der Waals surface area contributed by atoms with Crippen molar-refractivity contribution in [3.8, 4) is 0 Å². The first-order valence-corrected chi connectivity index (χ1v) is 7.96. The van der Waals surface area contributed by atoms with Gasteiger partial charge in [-0.1, -0.05) is 29.8 Å². The average Bonchev–Trinajstić information content (AvgIpc) is 3.31. The fourth-order valence-corrected chi connectivity index (χ4v) is 3.17. The molecule has 1 aliphatic carbocycles. The highest BCUT2D eigenvalue weighted by Gasteiger charge is 2.31. The molecule has 0 spiro atoms. The van der Waals surface area contributed by atoms with Crippen molar-refractivity contribution in [1.29, 1.82) is 0 Å². The van der Waals surface area contributed by atoms with Crippen molar-refractivity contribution < 1.29 is 0 Å². The van der Waals surface area contributed by atoms with Crippen LogP contribution in [0.5, 0.6) is 0 Å². The lowest BCUT2D eigenvalue weighted by molar-refractivity contribution is 0.118. The van der Waals surface area contributed by atoms with E-state index in [9.17, 15) is 0 Å². The first-order chi connectivity index (χ1) is 9.76. The predicted octanol–water partition coefficient (Wildman–Crippen LogP) is 2.04. The number of hydrogen-bond acceptors (Lipinski definition) is 3. The summed E-state index contributed by atoms with van der Waals surface area (Å²) in [5.74, 6) is 0. The fourth-order valence-electron chi connectivity index (χ4n) is 3.17. The molecule has 20 heavy (non-hydrogen) atoms. The summed E-state index contributed by atoms with van der Waals surface area (Å²) in [6.07, 6.45) is 2.87. The van der Waals surface area contributed by atoms with Crippen LogP contribution in [0.3, 0.4) is 0 Å². The van der Waals surface area contributed by atoms with Crippen molar-refractivity contribution in [3.05, 3.63) is 35.4 Å². The Morgan fingerprint density at radius 1 is 1.10 bits per heavy atom. The molecule has 0 amide bonds. The molecule has 1 aromatic rings. The minimum atomic E-state index is 0.447. The third kappa shape index (κ3) is 3.40. The van der Waals surface area contributed by atoms with Crippen LogP contribution in [0, 0.1) is 6.92 Å². The van der Waals surface area contributed by atoms with Gasteiger partial charge in [0.25, 0.3) is 0 Å². The minimum Gasteiger partial charge on any atom is -0.312 e. The van der Waals surface area contributed by atoms with Gasteiger partial charge in [0.1, 0.15) is 0 Å². The van der Waals surface area contributed by atoms with Gasteiger partial charge in [-0.3, -0.25) is 9.80 Å². The van der Waals surface area contributed by atoms with Crippen LogP contribution < -0.4 is 5.32 Å². The summed E-state index contributed by atoms with van der Waals surface area (Å²) >= 11 is 0. The molecule has 1 aliphatic heterocycles. The first kappa shape index (κ1) is 14.1. The van der Waals surface area contributed by atoms with Gasteiger partial charge < -0.3 is 5.32 Å². The van der Waals surface area contributed by atoms with Gasteiger partial charge in [0.05, 0.1) is 0 Å². The van der Waals surface area contributed by atoms with E-state index in [-0.39, 0.29) is 0 Å². The van der Waals surface area contributed by atoms with Gasteiger partial charge in [-0.15, -0.1) is 0 Å². The van der Waals surface area contributed by atoms with E-state index in [1.807, 2.05) is 0 Å². The Morgan fingerprint density at radius 3 is 2.30 bits per heavy atom. The zero-order chi connectivity index (χ0) is 13.9. The van der Waals surface area contributed by atoms with E-state index >= 15 is 0 Å². The van der Waals surface area contributed by atoms with Crippen molar-refractivity contribution in [2.45, 2.75) is 31.8 Å². The van der Waals surface area contributed by atoms with Crippen molar-refractivity contribution in [2.75, 3.05) is 39.8 Å². The third-order valence-electron chi connectivity index (χ3n) is 4.74. The van der Waals surface area contributed by atoms with E-state index in [0.29, 0.717) is 6.04 Å². The minimum absolute atomic E-state index is 0.447. The van der Waals surface area contributed by atoms with E-state index in [1.165, 1.54) is 50.1 Å². The number of nitrogens with one attached hydrogen (secondary N) is 1. The molecular formula is C17H27N3. The molecule has 3 nitrogen and oxygen atoms in total. The lowest BCUT2D eigenvalue weighted by Crippen LogP contribution is -2.49. The molecule has 1 heterocycles. The second kappa shape index (κ2) is 6.25. The monoisotopic (exact) mass is 273 g/mol. The van der Waals surface area contributed by atoms with E-state index in [2.05, 4.69) is 53.4 Å². The largest absolute Gasteiger partial charge is 0.312 e. The molecule has 110 valence electrons. The summed E-state index contributed by atoms with van der Waals surface area (Å²) in [4.78, 5) is 5.29. The van der Waals surface area contributed by atoms with Gasteiger partial charge in [0.2, 0.25) is 0 Å². The Morgan fingerprint density at radius 2 is 1.75 bits per heavy atom. The van der Waals surface area contributed by atoms with Crippen LogP contribution in [-0.4, -0.2) is 55.6 Å². The van der Waals surface area contributed by atoms with Crippen LogP contribution in [0.25, 0.3) is 0 Å². The zero-order valence-corrected chi connectivity index (χ0v) is 12.8. The Bertz CT molecular complexity index is 416. The number of nitrogens with zero attached hydrogens (tertiary/aromatic N) is 2. The summed E-state index contributed by atoms with van der Waals surface area (Å²) in [6, 6.07) is 10.3. The molecule has 3 rings (SSSR count). The summed E-state index contributed by atoms with van der Waals surface area (Å²) in [6.45, 7) is 8.23. The molecule has 1 saturated carbocycles. The van der Waals surface area contributed by atoms with Crippen molar-refractivity contribution in [3.63, 3.8) is 0 Å². The first-order valence-electron chi connectivity index (χ1n) is 7.96. The second-order valence-electron chi connectivity index (χ2n) is 6.32. The van der Waals surface area contributed by atoms with Crippen LogP contribution in [0.15, 0.2) is 24.3 Å². The Labute approximate surface area is 123 Å².